The van der Waals surface area contributed by atoms with Gasteiger partial charge in [0, 0.05) is 25.2 Å². The lowest BCUT2D eigenvalue weighted by molar-refractivity contribution is 0.410. The normalized spacial score (nSPS) is 14.8. The number of rotatable bonds is 3. The summed E-state index contributed by atoms with van der Waals surface area (Å²) in [6, 6.07) is 5.17. The molecule has 1 aliphatic heterocycles. The quantitative estimate of drug-likeness (QED) is 0.726. The predicted octanol–water partition coefficient (Wildman–Crippen LogP) is 0.840. The predicted molar refractivity (Wildman–Crippen MR) is 66.4 cm³/mol. The summed E-state index contributed by atoms with van der Waals surface area (Å²) in [5.41, 5.74) is 0.791. The fraction of sp³-hybridized carbons (Fsp3) is 0.417. The first-order chi connectivity index (χ1) is 8.29. The minimum absolute atomic E-state index is 0.259. The van der Waals surface area contributed by atoms with E-state index < -0.39 is 0 Å². The van der Waals surface area contributed by atoms with Gasteiger partial charge in [0.2, 0.25) is 0 Å². The van der Waals surface area contributed by atoms with Crippen LogP contribution in [0.15, 0.2) is 23.2 Å². The Labute approximate surface area is 101 Å². The van der Waals surface area contributed by atoms with Gasteiger partial charge in [-0.3, -0.25) is 4.99 Å². The van der Waals surface area contributed by atoms with Gasteiger partial charge in [-0.05, 0) is 24.6 Å². The highest BCUT2D eigenvalue weighted by Crippen LogP contribution is 2.22. The van der Waals surface area contributed by atoms with Crippen molar-refractivity contribution in [3.05, 3.63) is 23.8 Å². The molecule has 0 fully saturated rings. The third-order valence-electron chi connectivity index (χ3n) is 2.63. The van der Waals surface area contributed by atoms with Gasteiger partial charge >= 0.3 is 0 Å². The molecule has 5 heteroatoms. The van der Waals surface area contributed by atoms with E-state index in [0.717, 1.165) is 36.8 Å². The Kier molecular flexibility index (Phi) is 3.69. The second kappa shape index (κ2) is 5.43. The molecule has 0 spiro atoms. The standard InChI is InChI=1S/C12H17N3O2/c1-17-10-3-4-11(16)9(7-10)8-15-12-13-5-2-6-14-12/h3-4,7,16H,2,5-6,8H2,1H3,(H2,13,14,15). The van der Waals surface area contributed by atoms with Crippen molar-refractivity contribution in [2.75, 3.05) is 20.2 Å². The smallest absolute Gasteiger partial charge is 0.191 e. The molecule has 17 heavy (non-hydrogen) atoms. The molecule has 0 amide bonds. The van der Waals surface area contributed by atoms with Crippen LogP contribution in [0.5, 0.6) is 11.5 Å². The zero-order valence-electron chi connectivity index (χ0n) is 9.86. The largest absolute Gasteiger partial charge is 0.508 e. The third-order valence-corrected chi connectivity index (χ3v) is 2.63. The number of nitrogens with zero attached hydrogens (tertiary/aromatic N) is 1. The summed E-state index contributed by atoms with van der Waals surface area (Å²) in [4.78, 5) is 4.30. The zero-order chi connectivity index (χ0) is 12.1. The summed E-state index contributed by atoms with van der Waals surface area (Å²) in [7, 11) is 1.61. The van der Waals surface area contributed by atoms with Crippen LogP contribution in [-0.4, -0.2) is 31.3 Å². The van der Waals surface area contributed by atoms with Crippen LogP contribution in [0.4, 0.5) is 0 Å². The van der Waals surface area contributed by atoms with Crippen LogP contribution in [0.25, 0.3) is 0 Å². The summed E-state index contributed by atoms with van der Waals surface area (Å²) in [6.45, 7) is 2.31. The Morgan fingerprint density at radius 2 is 2.41 bits per heavy atom. The van der Waals surface area contributed by atoms with E-state index in [4.69, 9.17) is 4.74 Å². The van der Waals surface area contributed by atoms with Gasteiger partial charge in [-0.25, -0.2) is 0 Å². The van der Waals surface area contributed by atoms with Gasteiger partial charge in [0.15, 0.2) is 5.96 Å². The van der Waals surface area contributed by atoms with Crippen LogP contribution in [0.2, 0.25) is 0 Å². The Morgan fingerprint density at radius 1 is 1.53 bits per heavy atom. The van der Waals surface area contributed by atoms with Crippen molar-refractivity contribution in [1.29, 1.82) is 0 Å². The van der Waals surface area contributed by atoms with Crippen molar-refractivity contribution < 1.29 is 9.84 Å². The van der Waals surface area contributed by atoms with E-state index in [-0.39, 0.29) is 5.75 Å². The average Bonchev–Trinajstić information content (AvgIpc) is 2.39. The van der Waals surface area contributed by atoms with Crippen molar-refractivity contribution in [3.63, 3.8) is 0 Å². The van der Waals surface area contributed by atoms with Gasteiger partial charge in [-0.2, -0.15) is 0 Å². The number of ether oxygens (including phenoxy) is 1. The molecule has 0 aliphatic carbocycles. The maximum Gasteiger partial charge on any atom is 0.191 e. The second-order valence-corrected chi connectivity index (χ2v) is 3.86. The number of aliphatic imine (C=N–C) groups is 1. The lowest BCUT2D eigenvalue weighted by Crippen LogP contribution is -2.40. The molecule has 1 aromatic rings. The lowest BCUT2D eigenvalue weighted by atomic mass is 10.2. The topological polar surface area (TPSA) is 65.9 Å². The number of benzene rings is 1. The molecule has 0 saturated heterocycles. The Balaban J connectivity index is 2.00. The van der Waals surface area contributed by atoms with Gasteiger partial charge in [-0.15, -0.1) is 0 Å². The fourth-order valence-corrected chi connectivity index (χ4v) is 1.66. The Morgan fingerprint density at radius 3 is 3.12 bits per heavy atom. The fourth-order valence-electron chi connectivity index (χ4n) is 1.66. The van der Waals surface area contributed by atoms with E-state index in [2.05, 4.69) is 15.6 Å². The molecule has 1 aromatic carbocycles. The zero-order valence-corrected chi connectivity index (χ0v) is 9.86. The van der Waals surface area contributed by atoms with Crippen LogP contribution in [0.3, 0.4) is 0 Å². The number of aromatic hydroxyl groups is 1. The Hall–Kier alpha value is -1.91. The van der Waals surface area contributed by atoms with E-state index in [0.29, 0.717) is 6.54 Å². The monoisotopic (exact) mass is 235 g/mol. The molecule has 3 N–H and O–H groups in total. The van der Waals surface area contributed by atoms with Crippen molar-refractivity contribution in [3.8, 4) is 11.5 Å². The lowest BCUT2D eigenvalue weighted by Gasteiger charge is -2.16. The van der Waals surface area contributed by atoms with Gasteiger partial charge < -0.3 is 20.5 Å². The minimum Gasteiger partial charge on any atom is -0.508 e. The summed E-state index contributed by atoms with van der Waals surface area (Å²) in [5.74, 6) is 1.78. The highest BCUT2D eigenvalue weighted by molar-refractivity contribution is 5.80. The first-order valence-corrected chi connectivity index (χ1v) is 5.67. The second-order valence-electron chi connectivity index (χ2n) is 3.86. The van der Waals surface area contributed by atoms with Crippen LogP contribution in [0, 0.1) is 0 Å². The summed E-state index contributed by atoms with van der Waals surface area (Å²) < 4.78 is 5.12. The molecule has 0 aromatic heterocycles. The van der Waals surface area contributed by atoms with Crippen LogP contribution in [0.1, 0.15) is 12.0 Å². The molecule has 92 valence electrons. The number of hydrogen-bond donors (Lipinski definition) is 3. The highest BCUT2D eigenvalue weighted by Gasteiger charge is 2.06. The van der Waals surface area contributed by atoms with E-state index in [1.54, 1.807) is 19.2 Å². The number of methoxy groups -OCH3 is 1. The number of phenols is 1. The molecule has 1 heterocycles. The number of phenolic OH excluding ortho intramolecular Hbond substituents is 1. The molecule has 2 rings (SSSR count). The minimum atomic E-state index is 0.259. The van der Waals surface area contributed by atoms with Crippen LogP contribution >= 0.6 is 0 Å². The SMILES string of the molecule is COc1ccc(O)c(CNC2=NCCCN2)c1. The first kappa shape index (κ1) is 11.6. The summed E-state index contributed by atoms with van der Waals surface area (Å²) >= 11 is 0. The summed E-state index contributed by atoms with van der Waals surface area (Å²) in [5, 5.41) is 16.0. The van der Waals surface area contributed by atoms with Crippen molar-refractivity contribution in [2.24, 2.45) is 4.99 Å². The van der Waals surface area contributed by atoms with Crippen molar-refractivity contribution >= 4 is 5.96 Å². The van der Waals surface area contributed by atoms with Gasteiger partial charge in [0.05, 0.1) is 7.11 Å². The van der Waals surface area contributed by atoms with Crippen molar-refractivity contribution in [2.45, 2.75) is 13.0 Å². The van der Waals surface area contributed by atoms with Gasteiger partial charge in [0.1, 0.15) is 11.5 Å². The summed E-state index contributed by atoms with van der Waals surface area (Å²) in [6.07, 6.45) is 1.07. The molecule has 0 unspecified atom stereocenters. The number of nitrogens with one attached hydrogen (secondary N) is 2. The molecule has 5 nitrogen and oxygen atoms in total. The van der Waals surface area contributed by atoms with Gasteiger partial charge in [0.25, 0.3) is 0 Å². The molecule has 0 saturated carbocycles. The van der Waals surface area contributed by atoms with E-state index in [1.807, 2.05) is 6.07 Å². The van der Waals surface area contributed by atoms with E-state index in [1.165, 1.54) is 0 Å². The van der Waals surface area contributed by atoms with Gasteiger partial charge in [-0.1, -0.05) is 0 Å². The third kappa shape index (κ3) is 3.03. The van der Waals surface area contributed by atoms with Crippen LogP contribution in [-0.2, 0) is 6.54 Å². The van der Waals surface area contributed by atoms with Crippen LogP contribution < -0.4 is 15.4 Å². The molecule has 0 bridgehead atoms. The maximum absolute atomic E-state index is 9.70. The molecule has 1 aliphatic rings. The molecule has 0 radical (unpaired) electrons. The molecule has 0 atom stereocenters. The van der Waals surface area contributed by atoms with E-state index in [9.17, 15) is 5.11 Å². The average molecular weight is 235 g/mol. The number of hydrogen-bond acceptors (Lipinski definition) is 5. The molecular formula is C12H17N3O2. The number of guanidine groups is 1. The molecular weight excluding hydrogens is 218 g/mol. The first-order valence-electron chi connectivity index (χ1n) is 5.67. The highest BCUT2D eigenvalue weighted by atomic mass is 16.5. The Bertz CT molecular complexity index is 418. The van der Waals surface area contributed by atoms with Crippen molar-refractivity contribution in [1.82, 2.24) is 10.6 Å². The maximum atomic E-state index is 9.70. The van der Waals surface area contributed by atoms with E-state index >= 15 is 0 Å².